The minimum absolute atomic E-state index is 0.0913. The molecule has 1 unspecified atom stereocenters. The molecule has 156 valence electrons. The monoisotopic (exact) mass is 414 g/mol. The summed E-state index contributed by atoms with van der Waals surface area (Å²) in [6.07, 6.45) is 0.761. The van der Waals surface area contributed by atoms with Crippen LogP contribution in [-0.2, 0) is 22.6 Å². The molecule has 0 aliphatic carbocycles. The highest BCUT2D eigenvalue weighted by atomic mass is 35.5. The lowest BCUT2D eigenvalue weighted by atomic mass is 10.0. The Bertz CT molecular complexity index is 858. The number of hydrogen-bond donors (Lipinski definition) is 1. The van der Waals surface area contributed by atoms with Crippen LogP contribution in [0.3, 0.4) is 0 Å². The number of rotatable bonds is 7. The second-order valence-corrected chi connectivity index (χ2v) is 8.85. The van der Waals surface area contributed by atoms with E-state index in [1.165, 1.54) is 0 Å². The average Bonchev–Trinajstić information content (AvgIpc) is 2.61. The Labute approximate surface area is 179 Å². The second kappa shape index (κ2) is 9.93. The van der Waals surface area contributed by atoms with E-state index >= 15 is 0 Å². The molecule has 1 atom stereocenters. The van der Waals surface area contributed by atoms with E-state index in [1.54, 1.807) is 11.0 Å². The van der Waals surface area contributed by atoms with Gasteiger partial charge in [0.2, 0.25) is 11.8 Å². The van der Waals surface area contributed by atoms with Crippen molar-refractivity contribution < 1.29 is 9.59 Å². The van der Waals surface area contributed by atoms with Crippen LogP contribution in [0.2, 0.25) is 5.02 Å². The fraction of sp³-hybridized carbons (Fsp3) is 0.417. The summed E-state index contributed by atoms with van der Waals surface area (Å²) in [6, 6.07) is 14.8. The first-order chi connectivity index (χ1) is 13.6. The van der Waals surface area contributed by atoms with Crippen LogP contribution in [0, 0.1) is 6.92 Å². The standard InChI is InChI=1S/C24H31ClN2O2/c1-6-21(23(29)26-24(3,4)5)27(16-19-12-7-8-13-20(19)25)22(28)15-18-11-9-10-17(2)14-18/h7-14,21H,6,15-16H2,1-5H3,(H,26,29). The van der Waals surface area contributed by atoms with Crippen molar-refractivity contribution >= 4 is 23.4 Å². The molecule has 0 radical (unpaired) electrons. The SMILES string of the molecule is CCC(C(=O)NC(C)(C)C)N(Cc1ccccc1Cl)C(=O)Cc1cccc(C)c1. The zero-order chi connectivity index (χ0) is 21.6. The molecule has 0 bridgehead atoms. The Morgan fingerprint density at radius 2 is 1.79 bits per heavy atom. The predicted octanol–water partition coefficient (Wildman–Crippen LogP) is 4.91. The summed E-state index contributed by atoms with van der Waals surface area (Å²) in [5.74, 6) is -0.240. The smallest absolute Gasteiger partial charge is 0.243 e. The first kappa shape index (κ1) is 23.0. The number of amides is 2. The summed E-state index contributed by atoms with van der Waals surface area (Å²) in [5, 5.41) is 3.60. The minimum atomic E-state index is -0.567. The molecule has 5 heteroatoms. The van der Waals surface area contributed by atoms with Crippen molar-refractivity contribution in [2.45, 2.75) is 65.6 Å². The molecule has 0 saturated carbocycles. The minimum Gasteiger partial charge on any atom is -0.350 e. The van der Waals surface area contributed by atoms with Crippen molar-refractivity contribution in [1.29, 1.82) is 0 Å². The van der Waals surface area contributed by atoms with E-state index in [4.69, 9.17) is 11.6 Å². The van der Waals surface area contributed by atoms with Gasteiger partial charge in [0.15, 0.2) is 0 Å². The quantitative estimate of drug-likeness (QED) is 0.699. The van der Waals surface area contributed by atoms with Gasteiger partial charge in [0.05, 0.1) is 6.42 Å². The van der Waals surface area contributed by atoms with Gasteiger partial charge in [0.1, 0.15) is 6.04 Å². The highest BCUT2D eigenvalue weighted by Crippen LogP contribution is 2.21. The van der Waals surface area contributed by atoms with E-state index in [2.05, 4.69) is 5.32 Å². The molecule has 2 amide bonds. The summed E-state index contributed by atoms with van der Waals surface area (Å²) < 4.78 is 0. The van der Waals surface area contributed by atoms with E-state index in [-0.39, 0.29) is 23.8 Å². The van der Waals surface area contributed by atoms with Crippen LogP contribution >= 0.6 is 11.6 Å². The number of halogens is 1. The molecule has 0 aliphatic heterocycles. The number of nitrogens with one attached hydrogen (secondary N) is 1. The van der Waals surface area contributed by atoms with Gasteiger partial charge in [-0.05, 0) is 51.3 Å². The van der Waals surface area contributed by atoms with Crippen LogP contribution < -0.4 is 5.32 Å². The lowest BCUT2D eigenvalue weighted by Crippen LogP contribution is -2.53. The van der Waals surface area contributed by atoms with E-state index in [1.807, 2.05) is 77.1 Å². The maximum absolute atomic E-state index is 13.3. The van der Waals surface area contributed by atoms with Crippen molar-refractivity contribution in [3.8, 4) is 0 Å². The summed E-state index contributed by atoms with van der Waals surface area (Å²) >= 11 is 6.35. The largest absolute Gasteiger partial charge is 0.350 e. The maximum Gasteiger partial charge on any atom is 0.243 e. The second-order valence-electron chi connectivity index (χ2n) is 8.44. The summed E-state index contributed by atoms with van der Waals surface area (Å²) in [4.78, 5) is 27.9. The van der Waals surface area contributed by atoms with Crippen LogP contribution in [0.4, 0.5) is 0 Å². The molecule has 1 N–H and O–H groups in total. The molecule has 0 heterocycles. The molecular weight excluding hydrogens is 384 g/mol. The molecule has 2 aromatic carbocycles. The van der Waals surface area contributed by atoms with E-state index in [0.29, 0.717) is 18.0 Å². The van der Waals surface area contributed by atoms with E-state index in [9.17, 15) is 9.59 Å². The molecule has 2 rings (SSSR count). The van der Waals surface area contributed by atoms with Gasteiger partial charge in [-0.2, -0.15) is 0 Å². The van der Waals surface area contributed by atoms with Crippen LogP contribution in [0.5, 0.6) is 0 Å². The number of carbonyl (C=O) groups excluding carboxylic acids is 2. The number of nitrogens with zero attached hydrogens (tertiary/aromatic N) is 1. The van der Waals surface area contributed by atoms with Gasteiger partial charge in [0.25, 0.3) is 0 Å². The molecule has 0 aromatic heterocycles. The van der Waals surface area contributed by atoms with Gasteiger partial charge in [-0.15, -0.1) is 0 Å². The van der Waals surface area contributed by atoms with Crippen LogP contribution in [0.1, 0.15) is 50.8 Å². The van der Waals surface area contributed by atoms with Crippen molar-refractivity contribution in [3.63, 3.8) is 0 Å². The zero-order valence-electron chi connectivity index (χ0n) is 18.0. The van der Waals surface area contributed by atoms with E-state index in [0.717, 1.165) is 16.7 Å². The fourth-order valence-corrected chi connectivity index (χ4v) is 3.48. The highest BCUT2D eigenvalue weighted by Gasteiger charge is 2.30. The van der Waals surface area contributed by atoms with Crippen LogP contribution in [0.25, 0.3) is 0 Å². The Hall–Kier alpha value is -2.33. The normalized spacial score (nSPS) is 12.3. The molecule has 2 aromatic rings. The number of hydrogen-bond acceptors (Lipinski definition) is 2. The number of carbonyl (C=O) groups is 2. The van der Waals surface area contributed by atoms with Gasteiger partial charge >= 0.3 is 0 Å². The van der Waals surface area contributed by atoms with Crippen molar-refractivity contribution in [2.75, 3.05) is 0 Å². The first-order valence-corrected chi connectivity index (χ1v) is 10.4. The molecule has 29 heavy (non-hydrogen) atoms. The third kappa shape index (κ3) is 6.90. The summed E-state index contributed by atoms with van der Waals surface area (Å²) in [7, 11) is 0. The molecular formula is C24H31ClN2O2. The first-order valence-electron chi connectivity index (χ1n) is 10.0. The maximum atomic E-state index is 13.3. The highest BCUT2D eigenvalue weighted by molar-refractivity contribution is 6.31. The number of benzene rings is 2. The lowest BCUT2D eigenvalue weighted by molar-refractivity contribution is -0.141. The molecule has 0 fully saturated rings. The van der Waals surface area contributed by atoms with E-state index < -0.39 is 6.04 Å². The topological polar surface area (TPSA) is 49.4 Å². The Balaban J connectivity index is 2.34. The van der Waals surface area contributed by atoms with Gasteiger partial charge in [-0.25, -0.2) is 0 Å². The van der Waals surface area contributed by atoms with Crippen LogP contribution in [-0.4, -0.2) is 28.3 Å². The third-order valence-electron chi connectivity index (χ3n) is 4.62. The van der Waals surface area contributed by atoms with Gasteiger partial charge in [-0.1, -0.05) is 66.6 Å². The van der Waals surface area contributed by atoms with Crippen molar-refractivity contribution in [2.24, 2.45) is 0 Å². The molecule has 0 aliphatic rings. The summed E-state index contributed by atoms with van der Waals surface area (Å²) in [5.41, 5.74) is 2.49. The fourth-order valence-electron chi connectivity index (χ4n) is 3.28. The third-order valence-corrected chi connectivity index (χ3v) is 4.99. The lowest BCUT2D eigenvalue weighted by Gasteiger charge is -2.33. The number of aryl methyl sites for hydroxylation is 1. The van der Waals surface area contributed by atoms with Crippen molar-refractivity contribution in [1.82, 2.24) is 10.2 Å². The predicted molar refractivity (Wildman–Crippen MR) is 119 cm³/mol. The molecule has 0 spiro atoms. The summed E-state index contributed by atoms with van der Waals surface area (Å²) in [6.45, 7) is 10.0. The molecule has 0 saturated heterocycles. The Morgan fingerprint density at radius 3 is 2.38 bits per heavy atom. The van der Waals surface area contributed by atoms with Gasteiger partial charge in [-0.3, -0.25) is 9.59 Å². The Morgan fingerprint density at radius 1 is 1.10 bits per heavy atom. The average molecular weight is 415 g/mol. The van der Waals surface area contributed by atoms with Crippen LogP contribution in [0.15, 0.2) is 48.5 Å². The van der Waals surface area contributed by atoms with Crippen molar-refractivity contribution in [3.05, 3.63) is 70.2 Å². The zero-order valence-corrected chi connectivity index (χ0v) is 18.7. The van der Waals surface area contributed by atoms with Gasteiger partial charge in [0, 0.05) is 17.1 Å². The Kier molecular flexibility index (Phi) is 7.86. The molecule has 4 nitrogen and oxygen atoms in total. The van der Waals surface area contributed by atoms with Gasteiger partial charge < -0.3 is 10.2 Å².